The molecule has 0 amide bonds. The molecule has 0 aromatic carbocycles. The quantitative estimate of drug-likeness (QED) is 0.367. The van der Waals surface area contributed by atoms with E-state index < -0.39 is 0 Å². The van der Waals surface area contributed by atoms with E-state index in [0.717, 1.165) is 5.56 Å². The topological polar surface area (TPSA) is 20.2 Å². The van der Waals surface area contributed by atoms with Gasteiger partial charge in [-0.1, -0.05) is 12.1 Å². The van der Waals surface area contributed by atoms with Crippen molar-refractivity contribution in [2.45, 2.75) is 6.61 Å². The third kappa shape index (κ3) is 4.85. The molecular weight excluding hydrogens is 744 g/mol. The Bertz CT molecular complexity index is 600. The second-order valence-electron chi connectivity index (χ2n) is 3.58. The molecule has 20 heavy (non-hydrogen) atoms. The van der Waals surface area contributed by atoms with E-state index in [4.69, 9.17) is 0 Å². The van der Waals surface area contributed by atoms with E-state index in [1.54, 1.807) is 34.0 Å². The third-order valence-electron chi connectivity index (χ3n) is 2.49. The number of thiophene rings is 3. The van der Waals surface area contributed by atoms with Crippen molar-refractivity contribution in [1.82, 2.24) is 0 Å². The van der Waals surface area contributed by atoms with E-state index in [2.05, 4.69) is 35.0 Å². The molecule has 0 aliphatic carbocycles. The Kier molecular flexibility index (Phi) is 11.4. The summed E-state index contributed by atoms with van der Waals surface area (Å²) in [7, 11) is 0. The van der Waals surface area contributed by atoms with E-state index in [9.17, 15) is 5.11 Å². The second kappa shape index (κ2) is 10.5. The molecule has 1 nitrogen and oxygen atoms in total. The molecule has 0 saturated carbocycles. The minimum atomic E-state index is 0. The van der Waals surface area contributed by atoms with Gasteiger partial charge >= 0.3 is 0 Å². The number of hydrogen-bond donors (Lipinski definition) is 1. The van der Waals surface area contributed by atoms with Gasteiger partial charge in [-0.3, -0.25) is 0 Å². The molecule has 0 radical (unpaired) electrons. The van der Waals surface area contributed by atoms with Crippen molar-refractivity contribution < 1.29 is 85.0 Å². The van der Waals surface area contributed by atoms with E-state index in [-0.39, 0.29) is 93.9 Å². The summed E-state index contributed by atoms with van der Waals surface area (Å²) in [6, 6.07) is 10.4. The van der Waals surface area contributed by atoms with Gasteiger partial charge in [0.15, 0.2) is 0 Å². The van der Waals surface area contributed by atoms with Gasteiger partial charge in [0.05, 0.1) is 11.5 Å². The van der Waals surface area contributed by atoms with Crippen LogP contribution in [0.4, 0.5) is 0 Å². The zero-order valence-corrected chi connectivity index (χ0v) is 21.6. The molecule has 0 unspecified atom stereocenters. The van der Waals surface area contributed by atoms with Crippen LogP contribution in [0.2, 0.25) is 0 Å². The fourth-order valence-electron chi connectivity index (χ4n) is 1.70. The predicted octanol–water partition coefficient (Wildman–Crippen LogP) is 5.15. The fourth-order valence-corrected chi connectivity index (χ4v) is 4.59. The zero-order valence-electron chi connectivity index (χ0n) is 10.9. The molecule has 0 saturated heterocycles. The average molecular weight is 758 g/mol. The largest absolute Gasteiger partial charge is 0.392 e. The summed E-state index contributed by atoms with van der Waals surface area (Å²) >= 11 is 5.22. The van der Waals surface area contributed by atoms with Crippen LogP contribution in [0, 0.1) is 87.3 Å². The standard InChI is InChI=1S/C13H10OS3.CH3.2Th/c14-8-9-7-12(10-3-1-5-15-10)17-13(9)11-4-2-6-16-11;;;/h1-7,14H,8H2;1H3;;/q;-1;;. The van der Waals surface area contributed by atoms with Crippen molar-refractivity contribution in [2.75, 3.05) is 0 Å². The van der Waals surface area contributed by atoms with Gasteiger partial charge in [0.2, 0.25) is 0 Å². The molecule has 3 aromatic heterocycles. The first kappa shape index (κ1) is 21.7. The summed E-state index contributed by atoms with van der Waals surface area (Å²) in [5.74, 6) is 0. The number of rotatable bonds is 3. The molecule has 3 rings (SSSR count). The maximum absolute atomic E-state index is 9.44. The Labute approximate surface area is 195 Å². The van der Waals surface area contributed by atoms with Crippen LogP contribution >= 0.6 is 34.0 Å². The molecule has 0 spiro atoms. The van der Waals surface area contributed by atoms with Crippen molar-refractivity contribution in [1.29, 1.82) is 0 Å². The van der Waals surface area contributed by atoms with E-state index in [0.29, 0.717) is 0 Å². The Morgan fingerprint density at radius 2 is 1.50 bits per heavy atom. The first-order chi connectivity index (χ1) is 8.38. The molecule has 102 valence electrons. The van der Waals surface area contributed by atoms with Crippen LogP contribution < -0.4 is 0 Å². The van der Waals surface area contributed by atoms with Crippen molar-refractivity contribution in [3.05, 3.63) is 54.1 Å². The van der Waals surface area contributed by atoms with Gasteiger partial charge < -0.3 is 12.5 Å². The minimum absolute atomic E-state index is 0. The van der Waals surface area contributed by atoms with Crippen LogP contribution in [0.25, 0.3) is 19.5 Å². The number of aliphatic hydroxyl groups is 1. The van der Waals surface area contributed by atoms with Gasteiger partial charge in [0, 0.05) is 94.5 Å². The molecule has 0 aliphatic rings. The van der Waals surface area contributed by atoms with Gasteiger partial charge in [-0.05, 0) is 34.5 Å². The summed E-state index contributed by atoms with van der Waals surface area (Å²) in [6.07, 6.45) is 0. The van der Waals surface area contributed by atoms with Gasteiger partial charge in [-0.25, -0.2) is 0 Å². The van der Waals surface area contributed by atoms with Crippen molar-refractivity contribution in [3.8, 4) is 19.5 Å². The Morgan fingerprint density at radius 3 is 2.00 bits per heavy atom. The summed E-state index contributed by atoms with van der Waals surface area (Å²) in [4.78, 5) is 4.95. The molecule has 1 N–H and O–H groups in total. The van der Waals surface area contributed by atoms with Crippen molar-refractivity contribution in [3.63, 3.8) is 0 Å². The third-order valence-corrected chi connectivity index (χ3v) is 5.78. The van der Waals surface area contributed by atoms with Crippen LogP contribution in [0.15, 0.2) is 41.1 Å². The molecule has 0 fully saturated rings. The molecule has 3 aromatic rings. The summed E-state index contributed by atoms with van der Waals surface area (Å²) in [5, 5.41) is 13.6. The van der Waals surface area contributed by atoms with E-state index >= 15 is 0 Å². The van der Waals surface area contributed by atoms with Crippen LogP contribution in [0.5, 0.6) is 0 Å². The Balaban J connectivity index is 0.00000120. The smallest absolute Gasteiger partial charge is 0.0696 e. The molecule has 0 aliphatic heterocycles. The first-order valence-electron chi connectivity index (χ1n) is 5.20. The van der Waals surface area contributed by atoms with E-state index in [1.807, 2.05) is 6.07 Å². The predicted molar refractivity (Wildman–Crippen MR) is 83.3 cm³/mol. The number of hydrogen-bond acceptors (Lipinski definition) is 4. The molecule has 0 bridgehead atoms. The van der Waals surface area contributed by atoms with Crippen LogP contribution in [0.1, 0.15) is 5.56 Å². The monoisotopic (exact) mass is 757 g/mol. The van der Waals surface area contributed by atoms with Crippen LogP contribution in [-0.2, 0) is 6.61 Å². The van der Waals surface area contributed by atoms with Gasteiger partial charge in [-0.2, -0.15) is 0 Å². The maximum Gasteiger partial charge on any atom is 0.0696 e. The van der Waals surface area contributed by atoms with E-state index in [1.165, 1.54) is 19.5 Å². The molecule has 6 heteroatoms. The van der Waals surface area contributed by atoms with Gasteiger partial charge in [-0.15, -0.1) is 34.0 Å². The van der Waals surface area contributed by atoms with Gasteiger partial charge in [0.25, 0.3) is 0 Å². The zero-order chi connectivity index (χ0) is 11.7. The van der Waals surface area contributed by atoms with Crippen LogP contribution in [-0.4, -0.2) is 5.11 Å². The minimum Gasteiger partial charge on any atom is -0.392 e. The normalized spacial score (nSPS) is 9.25. The SMILES string of the molecule is OCc1cc(-c2cccs2)sc1-c1cccs1.[CH3-].[Th].[Th]. The average Bonchev–Trinajstić information content (AvgIpc) is 3.09. The number of aliphatic hydroxyl groups excluding tert-OH is 1. The second-order valence-corrected chi connectivity index (χ2v) is 6.53. The van der Waals surface area contributed by atoms with Crippen LogP contribution in [0.3, 0.4) is 0 Å². The maximum atomic E-state index is 9.44. The van der Waals surface area contributed by atoms with Gasteiger partial charge in [0.1, 0.15) is 0 Å². The molecule has 0 atom stereocenters. The fraction of sp³-hybridized carbons (Fsp3) is 0.0714. The summed E-state index contributed by atoms with van der Waals surface area (Å²) < 4.78 is 0. The first-order valence-corrected chi connectivity index (χ1v) is 7.77. The summed E-state index contributed by atoms with van der Waals surface area (Å²) in [6.45, 7) is 0.106. The summed E-state index contributed by atoms with van der Waals surface area (Å²) in [5.41, 5.74) is 1.03. The Morgan fingerprint density at radius 1 is 0.900 bits per heavy atom. The van der Waals surface area contributed by atoms with Crippen molar-refractivity contribution >= 4 is 34.0 Å². The molecule has 3 heterocycles. The van der Waals surface area contributed by atoms with Crippen molar-refractivity contribution in [2.24, 2.45) is 0 Å². The molecular formula is C14H13OS3Th2-. The Hall–Kier alpha value is 1.71.